The standard InChI is InChI=1S/C12H19N3O3/c1-8-11(4-9(13)5-14-8)12(16)15-6-10(18-3)7-17-2/h4-5,10H,6-7,13H2,1-3H3,(H,15,16). The minimum atomic E-state index is -0.217. The number of rotatable bonds is 6. The first-order valence-corrected chi connectivity index (χ1v) is 5.60. The molecular formula is C12H19N3O3. The number of ether oxygens (including phenoxy) is 2. The molecule has 0 saturated carbocycles. The van der Waals surface area contributed by atoms with Crippen LogP contribution in [0.25, 0.3) is 0 Å². The van der Waals surface area contributed by atoms with Gasteiger partial charge in [0.2, 0.25) is 0 Å². The predicted octanol–water partition coefficient (Wildman–Crippen LogP) is 0.363. The largest absolute Gasteiger partial charge is 0.397 e. The Morgan fingerprint density at radius 2 is 2.28 bits per heavy atom. The normalized spacial score (nSPS) is 12.2. The summed E-state index contributed by atoms with van der Waals surface area (Å²) in [4.78, 5) is 16.0. The first-order chi connectivity index (χ1) is 8.58. The Labute approximate surface area is 106 Å². The van der Waals surface area contributed by atoms with Gasteiger partial charge >= 0.3 is 0 Å². The molecule has 1 rings (SSSR count). The lowest BCUT2D eigenvalue weighted by Gasteiger charge is -2.15. The fraction of sp³-hybridized carbons (Fsp3) is 0.500. The molecule has 100 valence electrons. The number of aromatic nitrogens is 1. The molecule has 0 aromatic carbocycles. The summed E-state index contributed by atoms with van der Waals surface area (Å²) in [6.07, 6.45) is 1.35. The second kappa shape index (κ2) is 6.93. The van der Waals surface area contributed by atoms with Crippen molar-refractivity contribution >= 4 is 11.6 Å². The van der Waals surface area contributed by atoms with E-state index in [9.17, 15) is 4.79 Å². The van der Waals surface area contributed by atoms with E-state index in [0.29, 0.717) is 30.1 Å². The van der Waals surface area contributed by atoms with E-state index < -0.39 is 0 Å². The van der Waals surface area contributed by atoms with E-state index in [1.165, 1.54) is 6.20 Å². The lowest BCUT2D eigenvalue weighted by Crippen LogP contribution is -2.36. The average Bonchev–Trinajstić information content (AvgIpc) is 2.37. The Bertz CT molecular complexity index is 410. The van der Waals surface area contributed by atoms with Crippen LogP contribution < -0.4 is 11.1 Å². The van der Waals surface area contributed by atoms with Crippen LogP contribution in [0.5, 0.6) is 0 Å². The van der Waals surface area contributed by atoms with Gasteiger partial charge in [0.1, 0.15) is 0 Å². The Balaban J connectivity index is 2.62. The summed E-state index contributed by atoms with van der Waals surface area (Å²) in [5.74, 6) is -0.217. The molecule has 0 radical (unpaired) electrons. The van der Waals surface area contributed by atoms with Crippen LogP contribution in [0.1, 0.15) is 16.1 Å². The van der Waals surface area contributed by atoms with Crippen molar-refractivity contribution in [3.63, 3.8) is 0 Å². The van der Waals surface area contributed by atoms with Gasteiger partial charge in [0.25, 0.3) is 5.91 Å². The highest BCUT2D eigenvalue weighted by atomic mass is 16.5. The molecule has 1 amide bonds. The number of nitrogens with two attached hydrogens (primary N) is 1. The molecule has 0 saturated heterocycles. The number of amides is 1. The molecule has 0 aliphatic rings. The maximum Gasteiger partial charge on any atom is 0.253 e. The van der Waals surface area contributed by atoms with Crippen LogP contribution in [-0.4, -0.2) is 44.4 Å². The quantitative estimate of drug-likeness (QED) is 0.764. The summed E-state index contributed by atoms with van der Waals surface area (Å²) in [6.45, 7) is 2.56. The van der Waals surface area contributed by atoms with Gasteiger partial charge in [-0.2, -0.15) is 0 Å². The van der Waals surface area contributed by atoms with Crippen LogP contribution in [0.2, 0.25) is 0 Å². The highest BCUT2D eigenvalue weighted by molar-refractivity contribution is 5.95. The number of nitrogen functional groups attached to an aromatic ring is 1. The first-order valence-electron chi connectivity index (χ1n) is 5.60. The van der Waals surface area contributed by atoms with Gasteiger partial charge in [0.05, 0.1) is 35.9 Å². The number of hydrogen-bond acceptors (Lipinski definition) is 5. The van der Waals surface area contributed by atoms with Gasteiger partial charge in [-0.15, -0.1) is 0 Å². The van der Waals surface area contributed by atoms with Crippen molar-refractivity contribution in [1.82, 2.24) is 10.3 Å². The van der Waals surface area contributed by atoms with Crippen LogP contribution in [-0.2, 0) is 9.47 Å². The van der Waals surface area contributed by atoms with Crippen molar-refractivity contribution in [2.24, 2.45) is 0 Å². The fourth-order valence-corrected chi connectivity index (χ4v) is 1.48. The van der Waals surface area contributed by atoms with Gasteiger partial charge in [0.15, 0.2) is 0 Å². The molecule has 0 spiro atoms. The zero-order chi connectivity index (χ0) is 13.5. The number of anilines is 1. The number of aryl methyl sites for hydroxylation is 1. The zero-order valence-electron chi connectivity index (χ0n) is 10.9. The molecule has 18 heavy (non-hydrogen) atoms. The molecular weight excluding hydrogens is 234 g/mol. The van der Waals surface area contributed by atoms with Crippen LogP contribution >= 0.6 is 0 Å². The van der Waals surface area contributed by atoms with Crippen LogP contribution in [0, 0.1) is 6.92 Å². The van der Waals surface area contributed by atoms with E-state index in [0.717, 1.165) is 0 Å². The number of carbonyl (C=O) groups excluding carboxylic acids is 1. The van der Waals surface area contributed by atoms with Crippen LogP contribution in [0.4, 0.5) is 5.69 Å². The number of hydrogen-bond donors (Lipinski definition) is 2. The summed E-state index contributed by atoms with van der Waals surface area (Å²) in [6, 6.07) is 1.61. The predicted molar refractivity (Wildman–Crippen MR) is 68.4 cm³/mol. The van der Waals surface area contributed by atoms with E-state index in [1.807, 2.05) is 0 Å². The van der Waals surface area contributed by atoms with Gasteiger partial charge in [0, 0.05) is 20.8 Å². The molecule has 1 aromatic heterocycles. The molecule has 0 bridgehead atoms. The number of nitrogens with one attached hydrogen (secondary N) is 1. The summed E-state index contributed by atoms with van der Waals surface area (Å²) >= 11 is 0. The van der Waals surface area contributed by atoms with Gasteiger partial charge < -0.3 is 20.5 Å². The van der Waals surface area contributed by atoms with Crippen molar-refractivity contribution in [2.75, 3.05) is 33.1 Å². The van der Waals surface area contributed by atoms with E-state index in [-0.39, 0.29) is 12.0 Å². The summed E-state index contributed by atoms with van der Waals surface area (Å²) < 4.78 is 10.1. The van der Waals surface area contributed by atoms with E-state index in [2.05, 4.69) is 10.3 Å². The maximum atomic E-state index is 11.9. The van der Waals surface area contributed by atoms with Crippen LogP contribution in [0.15, 0.2) is 12.3 Å². The fourth-order valence-electron chi connectivity index (χ4n) is 1.48. The molecule has 0 fully saturated rings. The Hall–Kier alpha value is -1.66. The average molecular weight is 253 g/mol. The smallest absolute Gasteiger partial charge is 0.253 e. The highest BCUT2D eigenvalue weighted by Gasteiger charge is 2.13. The molecule has 0 aliphatic carbocycles. The highest BCUT2D eigenvalue weighted by Crippen LogP contribution is 2.09. The molecule has 0 aliphatic heterocycles. The lowest BCUT2D eigenvalue weighted by molar-refractivity contribution is 0.0285. The molecule has 6 nitrogen and oxygen atoms in total. The lowest BCUT2D eigenvalue weighted by atomic mass is 10.2. The minimum Gasteiger partial charge on any atom is -0.397 e. The SMILES string of the molecule is COCC(CNC(=O)c1cc(N)cnc1C)OC. The second-order valence-electron chi connectivity index (χ2n) is 3.92. The van der Waals surface area contributed by atoms with Crippen molar-refractivity contribution in [2.45, 2.75) is 13.0 Å². The summed E-state index contributed by atoms with van der Waals surface area (Å²) in [5.41, 5.74) is 7.19. The molecule has 1 unspecified atom stereocenters. The van der Waals surface area contributed by atoms with Crippen molar-refractivity contribution < 1.29 is 14.3 Å². The second-order valence-corrected chi connectivity index (χ2v) is 3.92. The Morgan fingerprint density at radius 3 is 2.89 bits per heavy atom. The summed E-state index contributed by atoms with van der Waals surface area (Å²) in [5, 5.41) is 2.76. The first kappa shape index (κ1) is 14.4. The van der Waals surface area contributed by atoms with Gasteiger partial charge in [-0.25, -0.2) is 0 Å². The number of methoxy groups -OCH3 is 2. The minimum absolute atomic E-state index is 0.173. The number of nitrogens with zero attached hydrogens (tertiary/aromatic N) is 1. The van der Waals surface area contributed by atoms with Crippen molar-refractivity contribution in [3.05, 3.63) is 23.5 Å². The van der Waals surface area contributed by atoms with Gasteiger partial charge in [-0.1, -0.05) is 0 Å². The maximum absolute atomic E-state index is 11.9. The molecule has 6 heteroatoms. The molecule has 1 atom stereocenters. The third kappa shape index (κ3) is 3.97. The van der Waals surface area contributed by atoms with Crippen molar-refractivity contribution in [3.8, 4) is 0 Å². The third-order valence-corrected chi connectivity index (χ3v) is 2.53. The number of carbonyl (C=O) groups is 1. The van der Waals surface area contributed by atoms with E-state index >= 15 is 0 Å². The molecule has 1 aromatic rings. The van der Waals surface area contributed by atoms with Crippen LogP contribution in [0.3, 0.4) is 0 Å². The van der Waals surface area contributed by atoms with E-state index in [1.54, 1.807) is 27.2 Å². The Kier molecular flexibility index (Phi) is 5.54. The zero-order valence-corrected chi connectivity index (χ0v) is 10.9. The Morgan fingerprint density at radius 1 is 1.56 bits per heavy atom. The molecule has 3 N–H and O–H groups in total. The number of pyridine rings is 1. The van der Waals surface area contributed by atoms with Crippen molar-refractivity contribution in [1.29, 1.82) is 0 Å². The monoisotopic (exact) mass is 253 g/mol. The van der Waals surface area contributed by atoms with Gasteiger partial charge in [-0.3, -0.25) is 9.78 Å². The van der Waals surface area contributed by atoms with E-state index in [4.69, 9.17) is 15.2 Å². The third-order valence-electron chi connectivity index (χ3n) is 2.53. The topological polar surface area (TPSA) is 86.5 Å². The van der Waals surface area contributed by atoms with Gasteiger partial charge in [-0.05, 0) is 13.0 Å². The molecule has 1 heterocycles. The summed E-state index contributed by atoms with van der Waals surface area (Å²) in [7, 11) is 3.16.